The van der Waals surface area contributed by atoms with Crippen LogP contribution in [-0.4, -0.2) is 28.5 Å². The van der Waals surface area contributed by atoms with Crippen LogP contribution in [0.5, 0.6) is 0 Å². The zero-order valence-corrected chi connectivity index (χ0v) is 17.4. The second-order valence-electron chi connectivity index (χ2n) is 6.41. The molecule has 0 fully saturated rings. The minimum Gasteiger partial charge on any atom is -0.322 e. The topological polar surface area (TPSA) is 135 Å². The molecule has 0 aliphatic heterocycles. The van der Waals surface area contributed by atoms with Gasteiger partial charge in [-0.3, -0.25) is 9.52 Å². The fourth-order valence-electron chi connectivity index (χ4n) is 2.54. The van der Waals surface area contributed by atoms with Crippen LogP contribution in [0.3, 0.4) is 0 Å². The summed E-state index contributed by atoms with van der Waals surface area (Å²) in [6.45, 7) is 5.21. The maximum absolute atomic E-state index is 12.6. The molecule has 0 aliphatic carbocycles. The number of carbonyl (C=O) groups excluding carboxylic acids is 1. The van der Waals surface area contributed by atoms with Gasteiger partial charge in [0.1, 0.15) is 0 Å². The number of anilines is 2. The number of amides is 1. The first kappa shape index (κ1) is 21.9. The number of sulfonamides is 2. The van der Waals surface area contributed by atoms with E-state index >= 15 is 0 Å². The molecule has 0 saturated carbocycles. The second kappa shape index (κ2) is 8.29. The third kappa shape index (κ3) is 5.54. The Kier molecular flexibility index (Phi) is 6.48. The van der Waals surface area contributed by atoms with E-state index < -0.39 is 26.0 Å². The summed E-state index contributed by atoms with van der Waals surface area (Å²) in [5, 5.41) is 7.84. The van der Waals surface area contributed by atoms with Crippen LogP contribution in [0.1, 0.15) is 34.8 Å². The van der Waals surface area contributed by atoms with Crippen LogP contribution < -0.4 is 15.2 Å². The van der Waals surface area contributed by atoms with Crippen LogP contribution in [-0.2, 0) is 20.0 Å². The van der Waals surface area contributed by atoms with Crippen molar-refractivity contribution in [3.63, 3.8) is 0 Å². The molecule has 0 aromatic heterocycles. The monoisotopic (exact) mass is 425 g/mol. The quantitative estimate of drug-likeness (QED) is 0.626. The summed E-state index contributed by atoms with van der Waals surface area (Å²) in [5.74, 6) is -0.534. The summed E-state index contributed by atoms with van der Waals surface area (Å²) in [6, 6.07) is 8.76. The van der Waals surface area contributed by atoms with Crippen molar-refractivity contribution in [2.75, 3.05) is 15.8 Å². The average molecular weight is 426 g/mol. The smallest absolute Gasteiger partial charge is 0.255 e. The fraction of sp³-hybridized carbons (Fsp3) is 0.278. The Morgan fingerprint density at radius 1 is 1.07 bits per heavy atom. The van der Waals surface area contributed by atoms with E-state index in [9.17, 15) is 21.6 Å². The van der Waals surface area contributed by atoms with Gasteiger partial charge in [-0.2, -0.15) is 0 Å². The minimum absolute atomic E-state index is 0.0255. The molecule has 0 radical (unpaired) electrons. The number of carbonyl (C=O) groups is 1. The Morgan fingerprint density at radius 2 is 1.75 bits per heavy atom. The molecule has 2 aromatic rings. The van der Waals surface area contributed by atoms with Gasteiger partial charge in [-0.15, -0.1) is 0 Å². The number of benzene rings is 2. The highest BCUT2D eigenvalue weighted by Gasteiger charge is 2.16. The van der Waals surface area contributed by atoms with Gasteiger partial charge in [0.15, 0.2) is 0 Å². The van der Waals surface area contributed by atoms with Crippen molar-refractivity contribution in [3.05, 3.63) is 53.1 Å². The van der Waals surface area contributed by atoms with Crippen molar-refractivity contribution in [3.8, 4) is 0 Å². The standard InChI is InChI=1S/C18H23N3O5S2/c1-4-8-27(23,24)21-15-7-5-6-14(10-15)18(22)20-17-11-16(28(19,25)26)9-12(2)13(17)3/h5-7,9-11,21H,4,8H2,1-3H3,(H,20,22)(H2,19,25,26). The molecule has 2 aromatic carbocycles. The van der Waals surface area contributed by atoms with Gasteiger partial charge in [0.05, 0.1) is 10.6 Å². The second-order valence-corrected chi connectivity index (χ2v) is 9.82. The van der Waals surface area contributed by atoms with Crippen molar-refractivity contribution in [2.24, 2.45) is 5.14 Å². The molecule has 0 saturated heterocycles. The lowest BCUT2D eigenvalue weighted by molar-refractivity contribution is 0.102. The van der Waals surface area contributed by atoms with Gasteiger partial charge in [-0.05, 0) is 61.7 Å². The Labute approximate surface area is 165 Å². The maximum Gasteiger partial charge on any atom is 0.255 e. The summed E-state index contributed by atoms with van der Waals surface area (Å²) in [6.07, 6.45) is 0.467. The Hall–Kier alpha value is -2.43. The molecule has 0 spiro atoms. The Morgan fingerprint density at radius 3 is 2.36 bits per heavy atom. The van der Waals surface area contributed by atoms with Gasteiger partial charge < -0.3 is 5.32 Å². The van der Waals surface area contributed by atoms with E-state index in [0.717, 1.165) is 0 Å². The number of rotatable bonds is 7. The van der Waals surface area contributed by atoms with Crippen LogP contribution in [0.25, 0.3) is 0 Å². The predicted octanol–water partition coefficient (Wildman–Crippen LogP) is 2.35. The van der Waals surface area contributed by atoms with Crippen LogP contribution in [0, 0.1) is 13.8 Å². The van der Waals surface area contributed by atoms with Gasteiger partial charge in [-0.25, -0.2) is 22.0 Å². The number of hydrogen-bond acceptors (Lipinski definition) is 5. The fourth-order valence-corrected chi connectivity index (χ4v) is 4.29. The van der Waals surface area contributed by atoms with Gasteiger partial charge in [0.25, 0.3) is 5.91 Å². The molecule has 0 heterocycles. The first-order valence-corrected chi connectivity index (χ1v) is 11.7. The summed E-state index contributed by atoms with van der Waals surface area (Å²) in [5.41, 5.74) is 2.15. The molecular weight excluding hydrogens is 402 g/mol. The van der Waals surface area contributed by atoms with Crippen LogP contribution in [0.2, 0.25) is 0 Å². The van der Waals surface area contributed by atoms with Crippen LogP contribution in [0.4, 0.5) is 11.4 Å². The zero-order chi connectivity index (χ0) is 21.1. The molecule has 28 heavy (non-hydrogen) atoms. The highest BCUT2D eigenvalue weighted by atomic mass is 32.2. The molecule has 2 rings (SSSR count). The van der Waals surface area contributed by atoms with Crippen molar-refractivity contribution in [1.82, 2.24) is 0 Å². The lowest BCUT2D eigenvalue weighted by Crippen LogP contribution is -2.18. The molecular formula is C18H23N3O5S2. The van der Waals surface area contributed by atoms with Gasteiger partial charge in [0.2, 0.25) is 20.0 Å². The van der Waals surface area contributed by atoms with Crippen molar-refractivity contribution >= 4 is 37.3 Å². The Balaban J connectivity index is 2.31. The third-order valence-electron chi connectivity index (χ3n) is 4.09. The van der Waals surface area contributed by atoms with Gasteiger partial charge in [-0.1, -0.05) is 13.0 Å². The van der Waals surface area contributed by atoms with E-state index in [4.69, 9.17) is 5.14 Å². The van der Waals surface area contributed by atoms with E-state index in [1.165, 1.54) is 24.3 Å². The third-order valence-corrected chi connectivity index (χ3v) is 6.47. The van der Waals surface area contributed by atoms with E-state index in [2.05, 4.69) is 10.0 Å². The van der Waals surface area contributed by atoms with E-state index in [-0.39, 0.29) is 21.9 Å². The minimum atomic E-state index is -3.93. The molecule has 4 N–H and O–H groups in total. The van der Waals surface area contributed by atoms with E-state index in [1.54, 1.807) is 32.9 Å². The molecule has 152 valence electrons. The van der Waals surface area contributed by atoms with E-state index in [1.807, 2.05) is 0 Å². The highest BCUT2D eigenvalue weighted by molar-refractivity contribution is 7.92. The Bertz CT molecular complexity index is 1110. The molecule has 10 heteroatoms. The van der Waals surface area contributed by atoms with Gasteiger partial charge in [0, 0.05) is 16.9 Å². The first-order valence-electron chi connectivity index (χ1n) is 8.49. The maximum atomic E-state index is 12.6. The number of hydrogen-bond donors (Lipinski definition) is 3. The average Bonchev–Trinajstić information content (AvgIpc) is 2.57. The molecule has 0 aliphatic rings. The van der Waals surface area contributed by atoms with E-state index in [0.29, 0.717) is 23.2 Å². The van der Waals surface area contributed by atoms with Crippen molar-refractivity contribution in [1.29, 1.82) is 0 Å². The molecule has 0 bridgehead atoms. The summed E-state index contributed by atoms with van der Waals surface area (Å²) in [7, 11) is -7.41. The molecule has 0 unspecified atom stereocenters. The first-order chi connectivity index (χ1) is 12.9. The van der Waals surface area contributed by atoms with Gasteiger partial charge >= 0.3 is 0 Å². The summed E-state index contributed by atoms with van der Waals surface area (Å²) < 4.78 is 49.5. The predicted molar refractivity (Wildman–Crippen MR) is 109 cm³/mol. The lowest BCUT2D eigenvalue weighted by Gasteiger charge is -2.13. The number of nitrogens with one attached hydrogen (secondary N) is 2. The van der Waals surface area contributed by atoms with Crippen LogP contribution in [0.15, 0.2) is 41.3 Å². The van der Waals surface area contributed by atoms with Crippen LogP contribution >= 0.6 is 0 Å². The van der Waals surface area contributed by atoms with Crippen molar-refractivity contribution < 1.29 is 21.6 Å². The SMILES string of the molecule is CCCS(=O)(=O)Nc1cccc(C(=O)Nc2cc(S(N)(=O)=O)cc(C)c2C)c1. The summed E-state index contributed by atoms with van der Waals surface area (Å²) in [4.78, 5) is 12.5. The molecule has 8 nitrogen and oxygen atoms in total. The molecule has 0 atom stereocenters. The lowest BCUT2D eigenvalue weighted by atomic mass is 10.1. The summed E-state index contributed by atoms with van der Waals surface area (Å²) >= 11 is 0. The highest BCUT2D eigenvalue weighted by Crippen LogP contribution is 2.24. The normalized spacial score (nSPS) is 11.9. The zero-order valence-electron chi connectivity index (χ0n) is 15.8. The number of primary sulfonamides is 1. The largest absolute Gasteiger partial charge is 0.322 e. The number of aryl methyl sites for hydroxylation is 1. The molecule has 1 amide bonds. The number of nitrogens with two attached hydrogens (primary N) is 1. The van der Waals surface area contributed by atoms with Crippen molar-refractivity contribution in [2.45, 2.75) is 32.1 Å².